The van der Waals surface area contributed by atoms with Crippen molar-refractivity contribution in [2.24, 2.45) is 10.8 Å². The summed E-state index contributed by atoms with van der Waals surface area (Å²) in [4.78, 5) is 13.0. The minimum Gasteiger partial charge on any atom is -0.465 e. The molecule has 22 heavy (non-hydrogen) atoms. The number of thioether (sulfide) groups is 2. The Bertz CT molecular complexity index is 414. The average molecular weight is 365 g/mol. The van der Waals surface area contributed by atoms with Crippen molar-refractivity contribution in [3.8, 4) is 0 Å². The summed E-state index contributed by atoms with van der Waals surface area (Å²) in [6.07, 6.45) is 2.02. The first kappa shape index (κ1) is 19.4. The molecule has 0 saturated carbocycles. The van der Waals surface area contributed by atoms with Crippen molar-refractivity contribution in [1.82, 2.24) is 10.3 Å². The van der Waals surface area contributed by atoms with Crippen molar-refractivity contribution < 1.29 is 9.90 Å². The number of carboxylic acid groups (broad SMARTS) is 1. The molecule has 1 rings (SSSR count). The molecule has 1 atom stereocenters. The third-order valence-electron chi connectivity index (χ3n) is 3.26. The highest BCUT2D eigenvalue weighted by Crippen LogP contribution is 2.33. The van der Waals surface area contributed by atoms with E-state index in [-0.39, 0.29) is 15.7 Å². The highest BCUT2D eigenvalue weighted by Gasteiger charge is 2.31. The van der Waals surface area contributed by atoms with Crippen molar-refractivity contribution in [2.75, 3.05) is 18.1 Å². The topological polar surface area (TPSA) is 91.0 Å². The number of hydrogen-bond donors (Lipinski definition) is 3. The van der Waals surface area contributed by atoms with Gasteiger partial charge >= 0.3 is 6.09 Å². The molecule has 1 unspecified atom stereocenters. The number of amides is 1. The normalized spacial score (nSPS) is 17.8. The fourth-order valence-corrected chi connectivity index (χ4v) is 5.15. The fourth-order valence-electron chi connectivity index (χ4n) is 2.06. The van der Waals surface area contributed by atoms with Crippen molar-refractivity contribution in [3.63, 3.8) is 0 Å². The number of nitrogens with zero attached hydrogens (tertiary/aromatic N) is 2. The van der Waals surface area contributed by atoms with Crippen LogP contribution in [0.25, 0.3) is 0 Å². The number of unbranched alkanes of at least 4 members (excludes halogenated alkanes) is 1. The van der Waals surface area contributed by atoms with E-state index in [9.17, 15) is 9.90 Å². The Kier molecular flexibility index (Phi) is 8.96. The lowest BCUT2D eigenvalue weighted by Gasteiger charge is -2.32. The molecule has 0 aromatic heterocycles. The third-order valence-corrected chi connectivity index (χ3v) is 6.30. The van der Waals surface area contributed by atoms with Crippen LogP contribution in [-0.2, 0) is 0 Å². The summed E-state index contributed by atoms with van der Waals surface area (Å²) in [6, 6.07) is -0.311. The van der Waals surface area contributed by atoms with Crippen LogP contribution >= 0.6 is 35.7 Å². The molecule has 0 radical (unpaired) electrons. The van der Waals surface area contributed by atoms with Gasteiger partial charge in [0, 0.05) is 6.54 Å². The zero-order chi connectivity index (χ0) is 16.5. The number of carbonyl (C=O) groups is 1. The van der Waals surface area contributed by atoms with Gasteiger partial charge in [-0.15, -0.1) is 23.5 Å². The Hall–Kier alpha value is -0.670. The lowest BCUT2D eigenvalue weighted by Crippen LogP contribution is -2.47. The van der Waals surface area contributed by atoms with E-state index in [0.29, 0.717) is 6.54 Å². The number of nitrogens with one attached hydrogen (secondary N) is 1. The zero-order valence-electron chi connectivity index (χ0n) is 12.9. The first-order valence-corrected chi connectivity index (χ1v) is 9.83. The fraction of sp³-hybridized carbons (Fsp3) is 0.769. The molecular formula is C13H24N4O2S3. The summed E-state index contributed by atoms with van der Waals surface area (Å²) >= 11 is 8.39. The van der Waals surface area contributed by atoms with Gasteiger partial charge in [-0.25, -0.2) is 4.79 Å². The predicted octanol–water partition coefficient (Wildman–Crippen LogP) is 2.54. The molecule has 0 spiro atoms. The Morgan fingerprint density at radius 1 is 1.55 bits per heavy atom. The lowest BCUT2D eigenvalue weighted by molar-refractivity contribution is 0.139. The maximum absolute atomic E-state index is 11.6. The highest BCUT2D eigenvalue weighted by atomic mass is 32.2. The van der Waals surface area contributed by atoms with Crippen LogP contribution in [0.5, 0.6) is 0 Å². The summed E-state index contributed by atoms with van der Waals surface area (Å²) < 4.78 is 0.133. The van der Waals surface area contributed by atoms with E-state index in [1.54, 1.807) is 23.5 Å². The Morgan fingerprint density at radius 2 is 2.18 bits per heavy atom. The molecule has 1 fully saturated rings. The highest BCUT2D eigenvalue weighted by molar-refractivity contribution is 8.18. The molecule has 0 aromatic rings. The summed E-state index contributed by atoms with van der Waals surface area (Å²) in [5.74, 6) is 2.11. The van der Waals surface area contributed by atoms with Crippen LogP contribution in [0, 0.1) is 0 Å². The molecule has 1 heterocycles. The predicted molar refractivity (Wildman–Crippen MR) is 99.8 cm³/mol. The van der Waals surface area contributed by atoms with Gasteiger partial charge in [-0.1, -0.05) is 13.3 Å². The van der Waals surface area contributed by atoms with Gasteiger partial charge in [-0.05, 0) is 43.5 Å². The van der Waals surface area contributed by atoms with Gasteiger partial charge in [-0.2, -0.15) is 5.10 Å². The van der Waals surface area contributed by atoms with Crippen molar-refractivity contribution >= 4 is 52.7 Å². The van der Waals surface area contributed by atoms with Crippen molar-refractivity contribution in [1.29, 1.82) is 0 Å². The van der Waals surface area contributed by atoms with E-state index in [2.05, 4.69) is 10.5 Å². The molecule has 4 N–H and O–H groups in total. The number of thiocarbonyl (C=S) groups is 1. The molecule has 1 aliphatic heterocycles. The van der Waals surface area contributed by atoms with Crippen LogP contribution in [-0.4, -0.2) is 55.6 Å². The maximum atomic E-state index is 11.6. The lowest BCUT2D eigenvalue weighted by atomic mass is 10.2. The maximum Gasteiger partial charge on any atom is 0.407 e. The first-order valence-electron chi connectivity index (χ1n) is 7.33. The van der Waals surface area contributed by atoms with Gasteiger partial charge in [-0.3, -0.25) is 5.43 Å². The number of rotatable bonds is 7. The minimum absolute atomic E-state index is 0.0888. The number of nitrogens with two attached hydrogens (primary N) is 1. The molecule has 126 valence electrons. The van der Waals surface area contributed by atoms with E-state index in [1.807, 2.05) is 13.8 Å². The van der Waals surface area contributed by atoms with Gasteiger partial charge in [0.2, 0.25) is 0 Å². The first-order chi connectivity index (χ1) is 10.5. The molecule has 1 amide bonds. The Balaban J connectivity index is 2.92. The average Bonchev–Trinajstić information content (AvgIpc) is 2.48. The quantitative estimate of drug-likeness (QED) is 0.363. The van der Waals surface area contributed by atoms with E-state index in [1.165, 1.54) is 4.90 Å². The minimum atomic E-state index is -0.921. The van der Waals surface area contributed by atoms with Crippen LogP contribution in [0.2, 0.25) is 0 Å². The van der Waals surface area contributed by atoms with Gasteiger partial charge in [0.05, 0.1) is 16.3 Å². The summed E-state index contributed by atoms with van der Waals surface area (Å²) in [6.45, 7) is 4.42. The molecule has 0 aliphatic carbocycles. The Morgan fingerprint density at radius 3 is 2.68 bits per heavy atom. The molecule has 9 heteroatoms. The van der Waals surface area contributed by atoms with Gasteiger partial charge in [0.15, 0.2) is 5.11 Å². The van der Waals surface area contributed by atoms with Crippen molar-refractivity contribution in [3.05, 3.63) is 0 Å². The van der Waals surface area contributed by atoms with Crippen LogP contribution in [0.1, 0.15) is 33.1 Å². The van der Waals surface area contributed by atoms with Gasteiger partial charge in [0.25, 0.3) is 0 Å². The van der Waals surface area contributed by atoms with Crippen LogP contribution in [0.4, 0.5) is 4.79 Å². The molecule has 1 saturated heterocycles. The standard InChI is InChI=1S/C13H24N4O2S3/c1-3-4-6-17(13(18)19)9(2)10(15-16-12(14)20)11-21-7-5-8-22-11/h9,11H,3-8H2,1-2H3,(H,18,19)(H3,14,16,20). The number of hydrazone groups is 1. The van der Waals surface area contributed by atoms with Crippen LogP contribution in [0.3, 0.4) is 0 Å². The van der Waals surface area contributed by atoms with E-state index >= 15 is 0 Å². The van der Waals surface area contributed by atoms with E-state index in [4.69, 9.17) is 18.0 Å². The second kappa shape index (κ2) is 10.2. The summed E-state index contributed by atoms with van der Waals surface area (Å²) in [5, 5.41) is 13.9. The van der Waals surface area contributed by atoms with Crippen LogP contribution in [0.15, 0.2) is 5.10 Å². The van der Waals surface area contributed by atoms with E-state index in [0.717, 1.165) is 36.5 Å². The second-order valence-corrected chi connectivity index (χ2v) is 8.11. The van der Waals surface area contributed by atoms with Crippen molar-refractivity contribution in [2.45, 2.75) is 43.7 Å². The molecule has 0 aromatic carbocycles. The molecule has 6 nitrogen and oxygen atoms in total. The number of hydrogen-bond acceptors (Lipinski definition) is 5. The molecule has 1 aliphatic rings. The zero-order valence-corrected chi connectivity index (χ0v) is 15.4. The SMILES string of the molecule is CCCCN(C(=O)O)C(C)C(=NNC(N)=S)C1SCCCS1. The van der Waals surface area contributed by atoms with Gasteiger partial charge < -0.3 is 15.7 Å². The molecule has 0 bridgehead atoms. The largest absolute Gasteiger partial charge is 0.465 e. The van der Waals surface area contributed by atoms with Gasteiger partial charge in [0.1, 0.15) is 0 Å². The van der Waals surface area contributed by atoms with Crippen LogP contribution < -0.4 is 11.2 Å². The third kappa shape index (κ3) is 6.21. The summed E-state index contributed by atoms with van der Waals surface area (Å²) in [5.41, 5.74) is 8.86. The monoisotopic (exact) mass is 364 g/mol. The Labute approximate surface area is 145 Å². The smallest absolute Gasteiger partial charge is 0.407 e. The summed E-state index contributed by atoms with van der Waals surface area (Å²) in [7, 11) is 0. The molecular weight excluding hydrogens is 340 g/mol. The van der Waals surface area contributed by atoms with E-state index < -0.39 is 6.09 Å². The second-order valence-electron chi connectivity index (χ2n) is 4.95.